The number of benzene rings is 1. The molecular formula is C14H22N2O. The first-order chi connectivity index (χ1) is 8.38. The van der Waals surface area contributed by atoms with Crippen molar-refractivity contribution in [2.45, 2.75) is 13.0 Å². The van der Waals surface area contributed by atoms with Crippen molar-refractivity contribution in [3.05, 3.63) is 35.9 Å². The Labute approximate surface area is 103 Å². The maximum Gasteiger partial charge on any atom is 0.0555 e. The second kappa shape index (κ2) is 6.74. The lowest BCUT2D eigenvalue weighted by Gasteiger charge is -2.16. The molecule has 1 heterocycles. The number of nitrogens with zero attached hydrogens (tertiary/aromatic N) is 1. The Kier molecular flexibility index (Phi) is 4.98. The number of likely N-dealkylation sites (tertiary alicyclic amines) is 1. The van der Waals surface area contributed by atoms with Gasteiger partial charge in [-0.05, 0) is 31.0 Å². The van der Waals surface area contributed by atoms with Crippen LogP contribution < -0.4 is 5.32 Å². The van der Waals surface area contributed by atoms with Gasteiger partial charge in [0.25, 0.3) is 0 Å². The summed E-state index contributed by atoms with van der Waals surface area (Å²) >= 11 is 0. The fraction of sp³-hybridized carbons (Fsp3) is 0.571. The van der Waals surface area contributed by atoms with Crippen LogP contribution in [0.1, 0.15) is 12.0 Å². The summed E-state index contributed by atoms with van der Waals surface area (Å²) in [5, 5.41) is 12.0. The predicted octanol–water partition coefficient (Wildman–Crippen LogP) is 1.09. The molecule has 1 aliphatic rings. The molecule has 1 aromatic rings. The van der Waals surface area contributed by atoms with Crippen LogP contribution >= 0.6 is 0 Å². The predicted molar refractivity (Wildman–Crippen MR) is 69.8 cm³/mol. The van der Waals surface area contributed by atoms with Gasteiger partial charge in [-0.15, -0.1) is 0 Å². The van der Waals surface area contributed by atoms with Crippen LogP contribution in [0, 0.1) is 5.92 Å². The van der Waals surface area contributed by atoms with E-state index >= 15 is 0 Å². The molecule has 1 aromatic carbocycles. The van der Waals surface area contributed by atoms with E-state index in [4.69, 9.17) is 5.11 Å². The van der Waals surface area contributed by atoms with Gasteiger partial charge in [0.1, 0.15) is 0 Å². The molecular weight excluding hydrogens is 212 g/mol. The normalized spacial score (nSPS) is 20.9. The molecule has 0 saturated carbocycles. The van der Waals surface area contributed by atoms with E-state index in [1.807, 2.05) is 0 Å². The zero-order chi connectivity index (χ0) is 11.9. The highest BCUT2D eigenvalue weighted by atomic mass is 16.3. The molecule has 94 valence electrons. The lowest BCUT2D eigenvalue weighted by molar-refractivity contribution is 0.283. The molecule has 0 radical (unpaired) electrons. The smallest absolute Gasteiger partial charge is 0.0555 e. The second-order valence-electron chi connectivity index (χ2n) is 4.80. The van der Waals surface area contributed by atoms with Crippen LogP contribution in [-0.2, 0) is 6.54 Å². The minimum Gasteiger partial charge on any atom is -0.395 e. The standard InChI is InChI=1S/C14H22N2O/c17-9-7-15-10-14-6-8-16(12-14)11-13-4-2-1-3-5-13/h1-5,14-15,17H,6-12H2. The van der Waals surface area contributed by atoms with Gasteiger partial charge >= 0.3 is 0 Å². The van der Waals surface area contributed by atoms with Gasteiger partial charge in [-0.3, -0.25) is 4.90 Å². The third-order valence-electron chi connectivity index (χ3n) is 3.34. The molecule has 1 atom stereocenters. The van der Waals surface area contributed by atoms with Gasteiger partial charge < -0.3 is 10.4 Å². The highest BCUT2D eigenvalue weighted by molar-refractivity contribution is 5.14. The molecule has 0 bridgehead atoms. The average Bonchev–Trinajstić information content (AvgIpc) is 2.79. The van der Waals surface area contributed by atoms with Crippen LogP contribution in [-0.4, -0.2) is 42.8 Å². The van der Waals surface area contributed by atoms with Crippen molar-refractivity contribution in [1.29, 1.82) is 0 Å². The Morgan fingerprint density at radius 2 is 2.12 bits per heavy atom. The molecule has 1 unspecified atom stereocenters. The molecule has 0 amide bonds. The van der Waals surface area contributed by atoms with Gasteiger partial charge in [0.2, 0.25) is 0 Å². The molecule has 3 heteroatoms. The highest BCUT2D eigenvalue weighted by Gasteiger charge is 2.21. The Morgan fingerprint density at radius 1 is 1.29 bits per heavy atom. The van der Waals surface area contributed by atoms with Gasteiger partial charge in [0.15, 0.2) is 0 Å². The van der Waals surface area contributed by atoms with E-state index in [0.717, 1.165) is 25.6 Å². The first-order valence-electron chi connectivity index (χ1n) is 6.46. The molecule has 0 aromatic heterocycles. The lowest BCUT2D eigenvalue weighted by atomic mass is 10.1. The SMILES string of the molecule is OCCNCC1CCN(Cc2ccccc2)C1. The summed E-state index contributed by atoms with van der Waals surface area (Å²) in [5.41, 5.74) is 1.40. The third kappa shape index (κ3) is 4.11. The first kappa shape index (κ1) is 12.6. The van der Waals surface area contributed by atoms with E-state index in [1.165, 1.54) is 25.1 Å². The Balaban J connectivity index is 1.71. The molecule has 0 aliphatic carbocycles. The summed E-state index contributed by atoms with van der Waals surface area (Å²) in [5.74, 6) is 0.741. The van der Waals surface area contributed by atoms with E-state index < -0.39 is 0 Å². The summed E-state index contributed by atoms with van der Waals surface area (Å²) in [6.07, 6.45) is 1.27. The van der Waals surface area contributed by atoms with Crippen molar-refractivity contribution in [2.24, 2.45) is 5.92 Å². The number of hydrogen-bond acceptors (Lipinski definition) is 3. The summed E-state index contributed by atoms with van der Waals surface area (Å²) in [4.78, 5) is 2.51. The Morgan fingerprint density at radius 3 is 2.88 bits per heavy atom. The molecule has 17 heavy (non-hydrogen) atoms. The molecule has 1 saturated heterocycles. The fourth-order valence-corrected chi connectivity index (χ4v) is 2.45. The average molecular weight is 234 g/mol. The molecule has 0 spiro atoms. The number of aliphatic hydroxyl groups is 1. The zero-order valence-corrected chi connectivity index (χ0v) is 10.3. The van der Waals surface area contributed by atoms with E-state index in [9.17, 15) is 0 Å². The third-order valence-corrected chi connectivity index (χ3v) is 3.34. The zero-order valence-electron chi connectivity index (χ0n) is 10.3. The van der Waals surface area contributed by atoms with Gasteiger partial charge in [-0.25, -0.2) is 0 Å². The van der Waals surface area contributed by atoms with E-state index in [2.05, 4.69) is 40.5 Å². The molecule has 2 N–H and O–H groups in total. The summed E-state index contributed by atoms with van der Waals surface area (Å²) in [6, 6.07) is 10.7. The number of aliphatic hydroxyl groups excluding tert-OH is 1. The van der Waals surface area contributed by atoms with Crippen molar-refractivity contribution < 1.29 is 5.11 Å². The summed E-state index contributed by atoms with van der Waals surface area (Å²) < 4.78 is 0. The minimum atomic E-state index is 0.237. The molecule has 1 aliphatic heterocycles. The maximum atomic E-state index is 8.71. The fourth-order valence-electron chi connectivity index (χ4n) is 2.45. The van der Waals surface area contributed by atoms with Crippen molar-refractivity contribution in [2.75, 3.05) is 32.8 Å². The van der Waals surface area contributed by atoms with Gasteiger partial charge in [-0.2, -0.15) is 0 Å². The lowest BCUT2D eigenvalue weighted by Crippen LogP contribution is -2.28. The Hall–Kier alpha value is -0.900. The molecule has 1 fully saturated rings. The van der Waals surface area contributed by atoms with Crippen LogP contribution in [0.15, 0.2) is 30.3 Å². The Bertz CT molecular complexity index is 315. The topological polar surface area (TPSA) is 35.5 Å². The van der Waals surface area contributed by atoms with Crippen molar-refractivity contribution in [3.8, 4) is 0 Å². The monoisotopic (exact) mass is 234 g/mol. The maximum absolute atomic E-state index is 8.71. The van der Waals surface area contributed by atoms with Crippen LogP contribution in [0.2, 0.25) is 0 Å². The number of rotatable bonds is 6. The molecule has 3 nitrogen and oxygen atoms in total. The number of nitrogens with one attached hydrogen (secondary N) is 1. The summed E-state index contributed by atoms with van der Waals surface area (Å²) in [6.45, 7) is 5.42. The van der Waals surface area contributed by atoms with Crippen LogP contribution in [0.25, 0.3) is 0 Å². The second-order valence-corrected chi connectivity index (χ2v) is 4.80. The molecule has 2 rings (SSSR count). The van der Waals surface area contributed by atoms with E-state index in [1.54, 1.807) is 0 Å². The van der Waals surface area contributed by atoms with Crippen molar-refractivity contribution in [3.63, 3.8) is 0 Å². The highest BCUT2D eigenvalue weighted by Crippen LogP contribution is 2.17. The quantitative estimate of drug-likeness (QED) is 0.723. The van der Waals surface area contributed by atoms with Crippen LogP contribution in [0.4, 0.5) is 0 Å². The van der Waals surface area contributed by atoms with E-state index in [-0.39, 0.29) is 6.61 Å². The van der Waals surface area contributed by atoms with Crippen LogP contribution in [0.3, 0.4) is 0 Å². The number of hydrogen-bond donors (Lipinski definition) is 2. The van der Waals surface area contributed by atoms with Crippen molar-refractivity contribution in [1.82, 2.24) is 10.2 Å². The summed E-state index contributed by atoms with van der Waals surface area (Å²) in [7, 11) is 0. The van der Waals surface area contributed by atoms with Gasteiger partial charge in [0, 0.05) is 19.6 Å². The van der Waals surface area contributed by atoms with Crippen LogP contribution in [0.5, 0.6) is 0 Å². The van der Waals surface area contributed by atoms with E-state index in [0.29, 0.717) is 0 Å². The first-order valence-corrected chi connectivity index (χ1v) is 6.46. The van der Waals surface area contributed by atoms with Gasteiger partial charge in [0.05, 0.1) is 6.61 Å². The van der Waals surface area contributed by atoms with Gasteiger partial charge in [-0.1, -0.05) is 30.3 Å². The van der Waals surface area contributed by atoms with Crippen molar-refractivity contribution >= 4 is 0 Å². The minimum absolute atomic E-state index is 0.237. The largest absolute Gasteiger partial charge is 0.395 e.